The van der Waals surface area contributed by atoms with E-state index >= 15 is 0 Å². The van der Waals surface area contributed by atoms with E-state index in [0.29, 0.717) is 0 Å². The van der Waals surface area contributed by atoms with Crippen molar-refractivity contribution in [2.75, 3.05) is 11.9 Å². The third-order valence-electron chi connectivity index (χ3n) is 2.74. The van der Waals surface area contributed by atoms with E-state index in [1.165, 1.54) is 18.5 Å². The van der Waals surface area contributed by atoms with Crippen LogP contribution in [0.25, 0.3) is 0 Å². The van der Waals surface area contributed by atoms with Gasteiger partial charge in [-0.2, -0.15) is 0 Å². The Labute approximate surface area is 77.1 Å². The topological polar surface area (TPSA) is 55.9 Å². The van der Waals surface area contributed by atoms with Crippen molar-refractivity contribution >= 4 is 5.95 Å². The molecule has 0 bridgehead atoms. The Hall–Kier alpha value is -1.03. The van der Waals surface area contributed by atoms with Crippen LogP contribution < -0.4 is 11.1 Å². The number of hydrogen-bond donors (Lipinski definition) is 2. The minimum absolute atomic E-state index is 0.230. The first-order valence-electron chi connectivity index (χ1n) is 4.89. The fourth-order valence-electron chi connectivity index (χ4n) is 1.83. The van der Waals surface area contributed by atoms with Crippen LogP contribution in [0.15, 0.2) is 6.20 Å². The van der Waals surface area contributed by atoms with E-state index < -0.39 is 0 Å². The lowest BCUT2D eigenvalue weighted by atomic mass is 10.3. The first-order valence-corrected chi connectivity index (χ1v) is 4.89. The molecule has 1 fully saturated rings. The van der Waals surface area contributed by atoms with E-state index in [9.17, 15) is 0 Å². The molecular weight excluding hydrogens is 164 g/mol. The number of fused-ring (bicyclic) bond motifs is 1. The fourth-order valence-corrected chi connectivity index (χ4v) is 1.83. The Morgan fingerprint density at radius 2 is 2.38 bits per heavy atom. The maximum absolute atomic E-state index is 5.84. The summed E-state index contributed by atoms with van der Waals surface area (Å²) in [7, 11) is 0. The molecule has 13 heavy (non-hydrogen) atoms. The molecule has 3 N–H and O–H groups in total. The maximum Gasteiger partial charge on any atom is 0.203 e. The van der Waals surface area contributed by atoms with Gasteiger partial charge in [0, 0.05) is 31.2 Å². The summed E-state index contributed by atoms with van der Waals surface area (Å²) in [5.41, 5.74) is 7.09. The standard InChI is InChI=1S/C9H14N4/c10-7-3-11-9-12-8(6-1-2-6)5-13(9)4-7/h5-7H,1-4,10H2,(H,11,12). The molecule has 0 radical (unpaired) electrons. The number of nitrogens with two attached hydrogens (primary N) is 1. The van der Waals surface area contributed by atoms with Gasteiger partial charge in [0.15, 0.2) is 0 Å². The molecule has 1 aliphatic heterocycles. The SMILES string of the molecule is NC1CNc2nc(C3CC3)cn2C1. The predicted molar refractivity (Wildman–Crippen MR) is 50.7 cm³/mol. The lowest BCUT2D eigenvalue weighted by Crippen LogP contribution is -2.38. The quantitative estimate of drug-likeness (QED) is 0.659. The monoisotopic (exact) mass is 178 g/mol. The van der Waals surface area contributed by atoms with Crippen LogP contribution in [0, 0.1) is 0 Å². The van der Waals surface area contributed by atoms with Gasteiger partial charge in [-0.1, -0.05) is 0 Å². The Kier molecular flexibility index (Phi) is 1.41. The van der Waals surface area contributed by atoms with Crippen molar-refractivity contribution < 1.29 is 0 Å². The normalized spacial score (nSPS) is 26.7. The molecule has 2 heterocycles. The molecule has 1 aromatic heterocycles. The average Bonchev–Trinajstić information content (AvgIpc) is 2.87. The molecule has 2 aliphatic rings. The van der Waals surface area contributed by atoms with Gasteiger partial charge in [-0.05, 0) is 12.8 Å². The van der Waals surface area contributed by atoms with Crippen molar-refractivity contribution in [1.29, 1.82) is 0 Å². The zero-order valence-corrected chi connectivity index (χ0v) is 7.53. The number of hydrogen-bond acceptors (Lipinski definition) is 3. The Morgan fingerprint density at radius 3 is 3.15 bits per heavy atom. The highest BCUT2D eigenvalue weighted by molar-refractivity contribution is 5.33. The van der Waals surface area contributed by atoms with Crippen LogP contribution in [0.3, 0.4) is 0 Å². The van der Waals surface area contributed by atoms with Crippen LogP contribution in [-0.4, -0.2) is 22.1 Å². The van der Waals surface area contributed by atoms with Crippen LogP contribution in [0.1, 0.15) is 24.5 Å². The molecule has 1 aliphatic carbocycles. The molecule has 1 aromatic rings. The molecule has 1 saturated carbocycles. The van der Waals surface area contributed by atoms with Gasteiger partial charge in [0.25, 0.3) is 0 Å². The number of imidazole rings is 1. The van der Waals surface area contributed by atoms with Crippen LogP contribution in [-0.2, 0) is 6.54 Å². The summed E-state index contributed by atoms with van der Waals surface area (Å²) >= 11 is 0. The molecule has 1 atom stereocenters. The third kappa shape index (κ3) is 1.21. The van der Waals surface area contributed by atoms with Crippen molar-refractivity contribution in [3.8, 4) is 0 Å². The summed E-state index contributed by atoms with van der Waals surface area (Å²) in [6.07, 6.45) is 4.77. The molecular formula is C9H14N4. The fraction of sp³-hybridized carbons (Fsp3) is 0.667. The molecule has 0 spiro atoms. The lowest BCUT2D eigenvalue weighted by molar-refractivity contribution is 0.542. The first-order chi connectivity index (χ1) is 6.33. The molecule has 70 valence electrons. The van der Waals surface area contributed by atoms with E-state index in [0.717, 1.165) is 25.0 Å². The number of rotatable bonds is 1. The van der Waals surface area contributed by atoms with Gasteiger partial charge in [-0.25, -0.2) is 4.98 Å². The lowest BCUT2D eigenvalue weighted by Gasteiger charge is -2.21. The number of nitrogens with one attached hydrogen (secondary N) is 1. The molecule has 4 heteroatoms. The summed E-state index contributed by atoms with van der Waals surface area (Å²) in [6.45, 7) is 1.75. The summed E-state index contributed by atoms with van der Waals surface area (Å²) in [6, 6.07) is 0.230. The molecule has 1 unspecified atom stereocenters. The third-order valence-corrected chi connectivity index (χ3v) is 2.74. The maximum atomic E-state index is 5.84. The van der Waals surface area contributed by atoms with Gasteiger partial charge in [0.2, 0.25) is 5.95 Å². The summed E-state index contributed by atoms with van der Waals surface area (Å²) in [4.78, 5) is 4.54. The summed E-state index contributed by atoms with van der Waals surface area (Å²) in [5.74, 6) is 1.74. The van der Waals surface area contributed by atoms with Crippen molar-refractivity contribution in [1.82, 2.24) is 9.55 Å². The van der Waals surface area contributed by atoms with E-state index in [4.69, 9.17) is 5.73 Å². The second kappa shape index (κ2) is 2.48. The molecule has 4 nitrogen and oxygen atoms in total. The second-order valence-corrected chi connectivity index (χ2v) is 4.06. The van der Waals surface area contributed by atoms with Gasteiger partial charge >= 0.3 is 0 Å². The second-order valence-electron chi connectivity index (χ2n) is 4.06. The first kappa shape index (κ1) is 7.38. The van der Waals surface area contributed by atoms with Crippen LogP contribution in [0.5, 0.6) is 0 Å². The summed E-state index contributed by atoms with van der Waals surface area (Å²) in [5, 5.41) is 3.24. The molecule has 3 rings (SSSR count). The molecule has 0 amide bonds. The summed E-state index contributed by atoms with van der Waals surface area (Å²) < 4.78 is 2.14. The van der Waals surface area contributed by atoms with E-state index in [-0.39, 0.29) is 6.04 Å². The average molecular weight is 178 g/mol. The predicted octanol–water partition coefficient (Wildman–Crippen LogP) is 0.513. The zero-order valence-electron chi connectivity index (χ0n) is 7.53. The van der Waals surface area contributed by atoms with Crippen LogP contribution in [0.2, 0.25) is 0 Å². The highest BCUT2D eigenvalue weighted by Gasteiger charge is 2.28. The van der Waals surface area contributed by atoms with Gasteiger partial charge in [0.05, 0.1) is 5.69 Å². The Balaban J connectivity index is 1.93. The van der Waals surface area contributed by atoms with Crippen LogP contribution in [0.4, 0.5) is 5.95 Å². The van der Waals surface area contributed by atoms with Crippen molar-refractivity contribution in [3.63, 3.8) is 0 Å². The van der Waals surface area contributed by atoms with Gasteiger partial charge in [0.1, 0.15) is 0 Å². The van der Waals surface area contributed by atoms with Crippen molar-refractivity contribution in [2.45, 2.75) is 31.3 Å². The number of anilines is 1. The van der Waals surface area contributed by atoms with Crippen molar-refractivity contribution in [3.05, 3.63) is 11.9 Å². The van der Waals surface area contributed by atoms with E-state index in [1.807, 2.05) is 0 Å². The molecule has 0 aromatic carbocycles. The van der Waals surface area contributed by atoms with Gasteiger partial charge in [-0.15, -0.1) is 0 Å². The minimum atomic E-state index is 0.230. The van der Waals surface area contributed by atoms with Gasteiger partial charge < -0.3 is 15.6 Å². The Morgan fingerprint density at radius 1 is 1.54 bits per heavy atom. The van der Waals surface area contributed by atoms with Crippen LogP contribution >= 0.6 is 0 Å². The largest absolute Gasteiger partial charge is 0.354 e. The highest BCUT2D eigenvalue weighted by atomic mass is 15.2. The van der Waals surface area contributed by atoms with E-state index in [1.54, 1.807) is 0 Å². The minimum Gasteiger partial charge on any atom is -0.354 e. The van der Waals surface area contributed by atoms with Gasteiger partial charge in [-0.3, -0.25) is 0 Å². The van der Waals surface area contributed by atoms with Crippen molar-refractivity contribution in [2.24, 2.45) is 5.73 Å². The molecule has 0 saturated heterocycles. The number of aromatic nitrogens is 2. The zero-order chi connectivity index (χ0) is 8.84. The Bertz CT molecular complexity index is 326. The number of nitrogens with zero attached hydrogens (tertiary/aromatic N) is 2. The highest BCUT2D eigenvalue weighted by Crippen LogP contribution is 2.40. The van der Waals surface area contributed by atoms with E-state index in [2.05, 4.69) is 21.1 Å². The smallest absolute Gasteiger partial charge is 0.203 e.